The molecule has 0 bridgehead atoms. The van der Waals surface area contributed by atoms with E-state index < -0.39 is 0 Å². The molecule has 2 rings (SSSR count). The fourth-order valence-electron chi connectivity index (χ4n) is 2.83. The highest BCUT2D eigenvalue weighted by Crippen LogP contribution is 2.30. The molecule has 0 radical (unpaired) electrons. The molecule has 1 aromatic carbocycles. The number of halogens is 2. The lowest BCUT2D eigenvalue weighted by Crippen LogP contribution is -2.52. The van der Waals surface area contributed by atoms with E-state index in [9.17, 15) is 4.39 Å². The van der Waals surface area contributed by atoms with Crippen LogP contribution in [0, 0.1) is 5.82 Å². The van der Waals surface area contributed by atoms with Crippen LogP contribution in [0.15, 0.2) is 18.2 Å². The predicted molar refractivity (Wildman–Crippen MR) is 76.9 cm³/mol. The number of nitrogens with two attached hydrogens (primary N) is 1. The Kier molecular flexibility index (Phi) is 4.79. The molecule has 0 aliphatic carbocycles. The first kappa shape index (κ1) is 14.7. The Morgan fingerprint density at radius 1 is 1.47 bits per heavy atom. The summed E-state index contributed by atoms with van der Waals surface area (Å²) in [5.41, 5.74) is 6.85. The van der Waals surface area contributed by atoms with Crippen molar-refractivity contribution in [3.05, 3.63) is 34.6 Å². The molecule has 0 amide bonds. The predicted octanol–water partition coefficient (Wildman–Crippen LogP) is 2.11. The standard InChI is InChI=1S/C14H21ClFN3/c1-10-9-18(2)5-6-19(10)14(8-17)12-4-3-11(16)7-13(12)15/h3-4,7,10,14H,5-6,8-9,17H2,1-2H3. The van der Waals surface area contributed by atoms with Crippen molar-refractivity contribution in [1.29, 1.82) is 0 Å². The lowest BCUT2D eigenvalue weighted by Gasteiger charge is -2.43. The minimum Gasteiger partial charge on any atom is -0.329 e. The van der Waals surface area contributed by atoms with Crippen molar-refractivity contribution >= 4 is 11.6 Å². The van der Waals surface area contributed by atoms with Gasteiger partial charge < -0.3 is 10.6 Å². The molecule has 2 atom stereocenters. The Hall–Kier alpha value is -0.680. The SMILES string of the molecule is CC1CN(C)CCN1C(CN)c1ccc(F)cc1Cl. The first-order chi connectivity index (χ1) is 9.02. The van der Waals surface area contributed by atoms with Crippen molar-refractivity contribution in [3.8, 4) is 0 Å². The van der Waals surface area contributed by atoms with Crippen LogP contribution in [0.2, 0.25) is 5.02 Å². The first-order valence-corrected chi connectivity index (χ1v) is 7.00. The van der Waals surface area contributed by atoms with Gasteiger partial charge in [-0.05, 0) is 31.7 Å². The summed E-state index contributed by atoms with van der Waals surface area (Å²) in [6.07, 6.45) is 0. The number of rotatable bonds is 3. The molecular formula is C14H21ClFN3. The summed E-state index contributed by atoms with van der Waals surface area (Å²) >= 11 is 6.17. The molecule has 0 aromatic heterocycles. The third-order valence-electron chi connectivity index (χ3n) is 3.83. The van der Waals surface area contributed by atoms with Crippen LogP contribution in [0.5, 0.6) is 0 Å². The minimum atomic E-state index is -0.309. The van der Waals surface area contributed by atoms with E-state index in [1.807, 2.05) is 0 Å². The number of nitrogens with zero attached hydrogens (tertiary/aromatic N) is 2. The van der Waals surface area contributed by atoms with Crippen LogP contribution in [0.1, 0.15) is 18.5 Å². The van der Waals surface area contributed by atoms with Crippen LogP contribution in [0.25, 0.3) is 0 Å². The Balaban J connectivity index is 2.24. The number of piperazine rings is 1. The summed E-state index contributed by atoms with van der Waals surface area (Å²) in [5.74, 6) is -0.309. The Bertz CT molecular complexity index is 441. The van der Waals surface area contributed by atoms with Gasteiger partial charge in [-0.1, -0.05) is 17.7 Å². The van der Waals surface area contributed by atoms with Crippen LogP contribution >= 0.6 is 11.6 Å². The van der Waals surface area contributed by atoms with E-state index in [4.69, 9.17) is 17.3 Å². The average Bonchev–Trinajstić information content (AvgIpc) is 2.34. The minimum absolute atomic E-state index is 0.0526. The molecule has 2 N–H and O–H groups in total. The Morgan fingerprint density at radius 2 is 2.21 bits per heavy atom. The van der Waals surface area contributed by atoms with Crippen LogP contribution in [-0.2, 0) is 0 Å². The first-order valence-electron chi connectivity index (χ1n) is 6.62. The summed E-state index contributed by atoms with van der Waals surface area (Å²) in [4.78, 5) is 4.67. The average molecular weight is 286 g/mol. The summed E-state index contributed by atoms with van der Waals surface area (Å²) in [6, 6.07) is 5.02. The molecule has 106 valence electrons. The van der Waals surface area contributed by atoms with Gasteiger partial charge in [-0.15, -0.1) is 0 Å². The lowest BCUT2D eigenvalue weighted by molar-refractivity contribution is 0.0636. The molecule has 1 heterocycles. The number of likely N-dealkylation sites (N-methyl/N-ethyl adjacent to an activating group) is 1. The highest BCUT2D eigenvalue weighted by Gasteiger charge is 2.29. The van der Waals surface area contributed by atoms with Gasteiger partial charge in [-0.3, -0.25) is 4.90 Å². The lowest BCUT2D eigenvalue weighted by atomic mass is 10.0. The number of hydrogen-bond donors (Lipinski definition) is 1. The number of benzene rings is 1. The van der Waals surface area contributed by atoms with Crippen LogP contribution in [0.3, 0.4) is 0 Å². The van der Waals surface area contributed by atoms with E-state index in [-0.39, 0.29) is 11.9 Å². The van der Waals surface area contributed by atoms with Crippen molar-refractivity contribution in [2.24, 2.45) is 5.73 Å². The van der Waals surface area contributed by atoms with Gasteiger partial charge in [0.2, 0.25) is 0 Å². The molecule has 5 heteroatoms. The van der Waals surface area contributed by atoms with E-state index in [2.05, 4.69) is 23.8 Å². The Labute approximate surface area is 119 Å². The zero-order valence-corrected chi connectivity index (χ0v) is 12.2. The molecule has 2 unspecified atom stereocenters. The maximum absolute atomic E-state index is 13.1. The maximum Gasteiger partial charge on any atom is 0.124 e. The monoisotopic (exact) mass is 285 g/mol. The summed E-state index contributed by atoms with van der Waals surface area (Å²) in [5, 5.41) is 0.460. The van der Waals surface area contributed by atoms with Gasteiger partial charge >= 0.3 is 0 Å². The largest absolute Gasteiger partial charge is 0.329 e. The molecule has 0 spiro atoms. The van der Waals surface area contributed by atoms with E-state index in [1.165, 1.54) is 12.1 Å². The Morgan fingerprint density at radius 3 is 2.79 bits per heavy atom. The van der Waals surface area contributed by atoms with Gasteiger partial charge in [-0.2, -0.15) is 0 Å². The van der Waals surface area contributed by atoms with Crippen molar-refractivity contribution in [2.75, 3.05) is 33.2 Å². The molecule has 1 fully saturated rings. The van der Waals surface area contributed by atoms with Crippen molar-refractivity contribution < 1.29 is 4.39 Å². The molecule has 0 saturated carbocycles. The van der Waals surface area contributed by atoms with Gasteiger partial charge in [0.25, 0.3) is 0 Å². The van der Waals surface area contributed by atoms with Gasteiger partial charge in [0.05, 0.1) is 0 Å². The van der Waals surface area contributed by atoms with Crippen molar-refractivity contribution in [2.45, 2.75) is 19.0 Å². The molecular weight excluding hydrogens is 265 g/mol. The second-order valence-corrected chi connectivity index (χ2v) is 5.67. The molecule has 1 aromatic rings. The molecule has 3 nitrogen and oxygen atoms in total. The second-order valence-electron chi connectivity index (χ2n) is 5.27. The van der Waals surface area contributed by atoms with Gasteiger partial charge in [0.1, 0.15) is 5.82 Å². The van der Waals surface area contributed by atoms with Gasteiger partial charge in [-0.25, -0.2) is 4.39 Å². The summed E-state index contributed by atoms with van der Waals surface area (Å²) in [6.45, 7) is 5.65. The van der Waals surface area contributed by atoms with E-state index >= 15 is 0 Å². The van der Waals surface area contributed by atoms with Crippen LogP contribution in [-0.4, -0.2) is 49.1 Å². The highest BCUT2D eigenvalue weighted by molar-refractivity contribution is 6.31. The van der Waals surface area contributed by atoms with Crippen molar-refractivity contribution in [1.82, 2.24) is 9.80 Å². The zero-order chi connectivity index (χ0) is 14.0. The third kappa shape index (κ3) is 3.26. The smallest absolute Gasteiger partial charge is 0.124 e. The van der Waals surface area contributed by atoms with Gasteiger partial charge in [0, 0.05) is 43.3 Å². The quantitative estimate of drug-likeness (QED) is 0.923. The molecule has 1 saturated heterocycles. The summed E-state index contributed by atoms with van der Waals surface area (Å²) < 4.78 is 13.1. The van der Waals surface area contributed by atoms with Crippen LogP contribution in [0.4, 0.5) is 4.39 Å². The molecule has 19 heavy (non-hydrogen) atoms. The van der Waals surface area contributed by atoms with Gasteiger partial charge in [0.15, 0.2) is 0 Å². The third-order valence-corrected chi connectivity index (χ3v) is 4.15. The topological polar surface area (TPSA) is 32.5 Å². The fourth-order valence-corrected chi connectivity index (χ4v) is 3.12. The van der Waals surface area contributed by atoms with E-state index in [1.54, 1.807) is 6.07 Å². The molecule has 1 aliphatic rings. The normalized spacial score (nSPS) is 23.5. The second kappa shape index (κ2) is 6.18. The number of hydrogen-bond acceptors (Lipinski definition) is 3. The van der Waals surface area contributed by atoms with E-state index in [0.29, 0.717) is 17.6 Å². The molecule has 1 aliphatic heterocycles. The van der Waals surface area contributed by atoms with Crippen molar-refractivity contribution in [3.63, 3.8) is 0 Å². The maximum atomic E-state index is 13.1. The highest BCUT2D eigenvalue weighted by atomic mass is 35.5. The zero-order valence-electron chi connectivity index (χ0n) is 11.4. The van der Waals surface area contributed by atoms with E-state index in [0.717, 1.165) is 25.2 Å². The van der Waals surface area contributed by atoms with Crippen LogP contribution < -0.4 is 5.73 Å². The summed E-state index contributed by atoms with van der Waals surface area (Å²) in [7, 11) is 2.12. The fraction of sp³-hybridized carbons (Fsp3) is 0.571.